The molecule has 0 aliphatic rings. The lowest BCUT2D eigenvalue weighted by Gasteiger charge is -2.13. The molecular weight excluding hydrogens is 466 g/mol. The lowest BCUT2D eigenvalue weighted by molar-refractivity contribution is 0.0692. The molecule has 184 valence electrons. The number of aromatic nitrogens is 1. The molecular formula is C27H46BrNO3. The van der Waals surface area contributed by atoms with Gasteiger partial charge in [0, 0.05) is 18.7 Å². The van der Waals surface area contributed by atoms with Crippen molar-refractivity contribution in [3.8, 4) is 0 Å². The highest BCUT2D eigenvalue weighted by Gasteiger charge is 2.16. The monoisotopic (exact) mass is 511 g/mol. The average molecular weight is 513 g/mol. The first-order valence-corrected chi connectivity index (χ1v) is 12.6. The number of hydrogen-bond donors (Lipinski definition) is 1. The van der Waals surface area contributed by atoms with E-state index in [1.54, 1.807) is 18.3 Å². The molecule has 1 aromatic rings. The maximum Gasteiger partial charge on any atom is 0.337 e. The van der Waals surface area contributed by atoms with Crippen LogP contribution in [0.15, 0.2) is 30.5 Å². The summed E-state index contributed by atoms with van der Waals surface area (Å²) in [7, 11) is 0. The van der Waals surface area contributed by atoms with E-state index in [1.165, 1.54) is 83.5 Å². The number of carboxylic acid groups (broad SMARTS) is 1. The van der Waals surface area contributed by atoms with Gasteiger partial charge in [0.05, 0.1) is 17.9 Å². The highest BCUT2D eigenvalue weighted by Crippen LogP contribution is 2.18. The van der Waals surface area contributed by atoms with E-state index in [1.807, 2.05) is 6.92 Å². The van der Waals surface area contributed by atoms with Crippen LogP contribution < -0.4 is 0 Å². The molecule has 0 saturated heterocycles. The second-order valence-electron chi connectivity index (χ2n) is 8.66. The Labute approximate surface area is 207 Å². The summed E-state index contributed by atoms with van der Waals surface area (Å²) < 4.78 is 5.76. The van der Waals surface area contributed by atoms with Crippen molar-refractivity contribution in [3.63, 3.8) is 0 Å². The first kappa shape index (κ1) is 30.8. The Morgan fingerprint density at radius 3 is 2.12 bits per heavy atom. The lowest BCUT2D eigenvalue weighted by Crippen LogP contribution is -2.12. The van der Waals surface area contributed by atoms with Crippen LogP contribution in [0.5, 0.6) is 0 Å². The maximum absolute atomic E-state index is 11.3. The Morgan fingerprint density at radius 2 is 1.53 bits per heavy atom. The molecule has 1 unspecified atom stereocenters. The third-order valence-corrected chi connectivity index (χ3v) is 5.70. The molecule has 0 radical (unpaired) electrons. The van der Waals surface area contributed by atoms with Gasteiger partial charge in [0.15, 0.2) is 0 Å². The molecule has 0 amide bonds. The van der Waals surface area contributed by atoms with Gasteiger partial charge in [-0.25, -0.2) is 4.79 Å². The maximum atomic E-state index is 11.3. The summed E-state index contributed by atoms with van der Waals surface area (Å²) in [6.07, 6.45) is 24.6. The third-order valence-electron chi connectivity index (χ3n) is 5.70. The number of hydrogen-bond acceptors (Lipinski definition) is 3. The van der Waals surface area contributed by atoms with Crippen molar-refractivity contribution in [2.75, 3.05) is 13.2 Å². The van der Waals surface area contributed by atoms with Crippen LogP contribution in [-0.2, 0) is 4.74 Å². The number of aromatic carboxylic acids is 1. The predicted octanol–water partition coefficient (Wildman–Crippen LogP) is 8.52. The number of ether oxygens (including phenoxy) is 1. The Kier molecular flexibility index (Phi) is 20.8. The summed E-state index contributed by atoms with van der Waals surface area (Å²) in [6.45, 7) is 5.49. The van der Waals surface area contributed by atoms with Gasteiger partial charge in [0.25, 0.3) is 0 Å². The molecule has 0 aliphatic carbocycles. The number of allylic oxidation sites excluding steroid dienone is 2. The van der Waals surface area contributed by atoms with Gasteiger partial charge in [-0.3, -0.25) is 4.98 Å². The van der Waals surface area contributed by atoms with Crippen molar-refractivity contribution < 1.29 is 14.6 Å². The van der Waals surface area contributed by atoms with Crippen molar-refractivity contribution in [2.24, 2.45) is 0 Å². The van der Waals surface area contributed by atoms with Gasteiger partial charge in [-0.1, -0.05) is 83.8 Å². The molecule has 1 rings (SSSR count). The van der Waals surface area contributed by atoms with Crippen LogP contribution in [-0.4, -0.2) is 29.3 Å². The Bertz CT molecular complexity index is 606. The van der Waals surface area contributed by atoms with Crippen LogP contribution in [0, 0.1) is 0 Å². The minimum Gasteiger partial charge on any atom is -0.478 e. The molecule has 1 N–H and O–H groups in total. The van der Waals surface area contributed by atoms with Crippen molar-refractivity contribution in [2.45, 2.75) is 110 Å². The normalized spacial score (nSPS) is 12.1. The van der Waals surface area contributed by atoms with Gasteiger partial charge >= 0.3 is 5.97 Å². The molecule has 0 bridgehead atoms. The zero-order valence-electron chi connectivity index (χ0n) is 20.4. The molecule has 1 aromatic heterocycles. The average Bonchev–Trinajstić information content (AvgIpc) is 2.78. The van der Waals surface area contributed by atoms with Gasteiger partial charge in [-0.2, -0.15) is 0 Å². The number of pyridine rings is 1. The van der Waals surface area contributed by atoms with Gasteiger partial charge in [0.1, 0.15) is 0 Å². The van der Waals surface area contributed by atoms with Crippen molar-refractivity contribution in [1.29, 1.82) is 0 Å². The summed E-state index contributed by atoms with van der Waals surface area (Å²) in [6, 6.07) is 3.26. The van der Waals surface area contributed by atoms with E-state index < -0.39 is 5.97 Å². The van der Waals surface area contributed by atoms with E-state index >= 15 is 0 Å². The number of carbonyl (C=O) groups is 1. The highest BCUT2D eigenvalue weighted by molar-refractivity contribution is 8.93. The highest BCUT2D eigenvalue weighted by atomic mass is 79.9. The summed E-state index contributed by atoms with van der Waals surface area (Å²) in [5, 5.41) is 9.26. The first-order chi connectivity index (χ1) is 15.2. The smallest absolute Gasteiger partial charge is 0.337 e. The fourth-order valence-electron chi connectivity index (χ4n) is 3.78. The van der Waals surface area contributed by atoms with Crippen molar-refractivity contribution in [1.82, 2.24) is 4.98 Å². The SMILES string of the molecule is Br.CCCCCCCC/C=C\CCCCCCCCOCC(C)c1ncccc1C(=O)O. The summed E-state index contributed by atoms with van der Waals surface area (Å²) in [5.74, 6) is -0.940. The van der Waals surface area contributed by atoms with E-state index in [-0.39, 0.29) is 28.5 Å². The predicted molar refractivity (Wildman–Crippen MR) is 140 cm³/mol. The quantitative estimate of drug-likeness (QED) is 0.141. The van der Waals surface area contributed by atoms with Gasteiger partial charge in [-0.15, -0.1) is 17.0 Å². The van der Waals surface area contributed by atoms with Crippen LogP contribution in [0.1, 0.15) is 126 Å². The largest absolute Gasteiger partial charge is 0.478 e. The third kappa shape index (κ3) is 15.6. The van der Waals surface area contributed by atoms with E-state index in [2.05, 4.69) is 24.1 Å². The molecule has 5 heteroatoms. The molecule has 0 saturated carbocycles. The van der Waals surface area contributed by atoms with Crippen molar-refractivity contribution >= 4 is 23.0 Å². The summed E-state index contributed by atoms with van der Waals surface area (Å²) in [5.41, 5.74) is 0.881. The Hall–Kier alpha value is -1.20. The zero-order chi connectivity index (χ0) is 22.6. The molecule has 0 aliphatic heterocycles. The van der Waals surface area contributed by atoms with Gasteiger partial charge in [-0.05, 0) is 44.2 Å². The number of unbranched alkanes of at least 4 members (excludes halogenated alkanes) is 12. The molecule has 32 heavy (non-hydrogen) atoms. The molecule has 4 nitrogen and oxygen atoms in total. The number of rotatable bonds is 20. The zero-order valence-corrected chi connectivity index (χ0v) is 22.1. The van der Waals surface area contributed by atoms with E-state index in [9.17, 15) is 9.90 Å². The van der Waals surface area contributed by atoms with E-state index in [0.29, 0.717) is 12.3 Å². The van der Waals surface area contributed by atoms with Crippen LogP contribution in [0.25, 0.3) is 0 Å². The minimum atomic E-state index is -0.928. The van der Waals surface area contributed by atoms with Gasteiger partial charge in [0.2, 0.25) is 0 Å². The van der Waals surface area contributed by atoms with E-state index in [0.717, 1.165) is 13.0 Å². The summed E-state index contributed by atoms with van der Waals surface area (Å²) in [4.78, 5) is 15.5. The fourth-order valence-corrected chi connectivity index (χ4v) is 3.78. The lowest BCUT2D eigenvalue weighted by atomic mass is 10.0. The van der Waals surface area contributed by atoms with Crippen LogP contribution >= 0.6 is 17.0 Å². The first-order valence-electron chi connectivity index (χ1n) is 12.6. The van der Waals surface area contributed by atoms with Crippen LogP contribution in [0.2, 0.25) is 0 Å². The minimum absolute atomic E-state index is 0. The van der Waals surface area contributed by atoms with Crippen molar-refractivity contribution in [3.05, 3.63) is 41.7 Å². The Balaban J connectivity index is 0.00000961. The molecule has 0 fully saturated rings. The molecule has 0 spiro atoms. The summed E-state index contributed by atoms with van der Waals surface area (Å²) >= 11 is 0. The number of carboxylic acids is 1. The number of nitrogens with zero attached hydrogens (tertiary/aromatic N) is 1. The topological polar surface area (TPSA) is 59.4 Å². The molecule has 1 atom stereocenters. The van der Waals surface area contributed by atoms with Crippen LogP contribution in [0.4, 0.5) is 0 Å². The van der Waals surface area contributed by atoms with E-state index in [4.69, 9.17) is 4.74 Å². The Morgan fingerprint density at radius 1 is 0.969 bits per heavy atom. The second kappa shape index (κ2) is 21.6. The standard InChI is InChI=1S/C27H45NO3.BrH/c1-3-4-5-6-7-8-9-10-11-12-13-14-15-16-17-18-22-31-23-24(2)26-25(27(29)30)20-19-21-28-26;/h10-11,19-21,24H,3-9,12-18,22-23H2,1-2H3,(H,29,30);1H/b11-10-;. The molecule has 0 aromatic carbocycles. The molecule has 1 heterocycles. The second-order valence-corrected chi connectivity index (χ2v) is 8.66. The van der Waals surface area contributed by atoms with Crippen LogP contribution in [0.3, 0.4) is 0 Å². The number of halogens is 1. The van der Waals surface area contributed by atoms with Gasteiger partial charge < -0.3 is 9.84 Å². The fraction of sp³-hybridized carbons (Fsp3) is 0.704.